The van der Waals surface area contributed by atoms with Gasteiger partial charge in [-0.2, -0.15) is 0 Å². The maximum Gasteiger partial charge on any atom is 0.122 e. The van der Waals surface area contributed by atoms with Gasteiger partial charge in [-0.15, -0.1) is 0 Å². The summed E-state index contributed by atoms with van der Waals surface area (Å²) in [5.41, 5.74) is 0. The predicted octanol–water partition coefficient (Wildman–Crippen LogP) is 4.20. The highest BCUT2D eigenvalue weighted by Gasteiger charge is 2.30. The van der Waals surface area contributed by atoms with Crippen molar-refractivity contribution in [3.05, 3.63) is 22.5 Å². The maximum atomic E-state index is 13.2. The second-order valence-electron chi connectivity index (χ2n) is 4.50. The summed E-state index contributed by atoms with van der Waals surface area (Å²) in [4.78, 5) is 0. The first kappa shape index (κ1) is 12.9. The van der Waals surface area contributed by atoms with Crippen LogP contribution < -0.4 is 0 Å². The Morgan fingerprint density at radius 1 is 1.33 bits per heavy atom. The summed E-state index contributed by atoms with van der Waals surface area (Å²) in [6.07, 6.45) is 3.04. The van der Waals surface area contributed by atoms with E-state index in [1.165, 1.54) is 6.08 Å². The smallest absolute Gasteiger partial charge is 0.122 e. The molecule has 1 nitrogen and oxygen atoms in total. The molecule has 0 N–H and O–H groups in total. The van der Waals surface area contributed by atoms with E-state index in [4.69, 9.17) is 4.74 Å². The van der Waals surface area contributed by atoms with Crippen molar-refractivity contribution in [2.24, 2.45) is 11.8 Å². The SMILES string of the molecule is CC(C)OC1C=C(F)C=C(Br)C1C(C)C. The molecule has 0 spiro atoms. The first-order chi connectivity index (χ1) is 6.91. The minimum Gasteiger partial charge on any atom is -0.371 e. The zero-order chi connectivity index (χ0) is 11.6. The zero-order valence-electron chi connectivity index (χ0n) is 9.63. The molecule has 0 amide bonds. The Hall–Kier alpha value is -0.150. The quantitative estimate of drug-likeness (QED) is 0.751. The van der Waals surface area contributed by atoms with Crippen molar-refractivity contribution in [2.45, 2.75) is 39.9 Å². The van der Waals surface area contributed by atoms with Gasteiger partial charge in [-0.25, -0.2) is 4.39 Å². The molecule has 0 aromatic rings. The number of rotatable bonds is 3. The molecule has 1 aliphatic carbocycles. The monoisotopic (exact) mass is 276 g/mol. The fourth-order valence-electron chi connectivity index (χ4n) is 1.83. The van der Waals surface area contributed by atoms with Gasteiger partial charge in [0.2, 0.25) is 0 Å². The third kappa shape index (κ3) is 3.42. The van der Waals surface area contributed by atoms with Crippen molar-refractivity contribution in [1.82, 2.24) is 0 Å². The van der Waals surface area contributed by atoms with Gasteiger partial charge in [-0.3, -0.25) is 0 Å². The van der Waals surface area contributed by atoms with Gasteiger partial charge in [0, 0.05) is 10.4 Å². The van der Waals surface area contributed by atoms with Crippen LogP contribution in [-0.2, 0) is 4.74 Å². The molecule has 86 valence electrons. The highest BCUT2D eigenvalue weighted by atomic mass is 79.9. The normalized spacial score (nSPS) is 26.9. The Morgan fingerprint density at radius 2 is 1.93 bits per heavy atom. The van der Waals surface area contributed by atoms with Gasteiger partial charge in [0.05, 0.1) is 12.2 Å². The molecule has 0 aromatic heterocycles. The molecular formula is C12H18BrFO. The molecule has 1 aliphatic rings. The summed E-state index contributed by atoms with van der Waals surface area (Å²) in [5, 5.41) is 0. The molecule has 0 aliphatic heterocycles. The van der Waals surface area contributed by atoms with Gasteiger partial charge in [0.15, 0.2) is 0 Å². The van der Waals surface area contributed by atoms with Crippen LogP contribution in [0.15, 0.2) is 22.5 Å². The highest BCUT2D eigenvalue weighted by Crippen LogP contribution is 2.36. The van der Waals surface area contributed by atoms with Crippen LogP contribution in [0.4, 0.5) is 4.39 Å². The van der Waals surface area contributed by atoms with E-state index in [9.17, 15) is 4.39 Å². The summed E-state index contributed by atoms with van der Waals surface area (Å²) < 4.78 is 19.9. The van der Waals surface area contributed by atoms with Crippen molar-refractivity contribution in [3.8, 4) is 0 Å². The lowest BCUT2D eigenvalue weighted by Crippen LogP contribution is -2.31. The molecule has 0 heterocycles. The molecule has 2 atom stereocenters. The Kier molecular flexibility index (Phi) is 4.53. The third-order valence-corrected chi connectivity index (χ3v) is 3.18. The molecule has 0 saturated carbocycles. The molecular weight excluding hydrogens is 259 g/mol. The molecule has 1 rings (SSSR count). The molecule has 0 aromatic carbocycles. The Balaban J connectivity index is 2.86. The van der Waals surface area contributed by atoms with Crippen LogP contribution in [0.25, 0.3) is 0 Å². The Bertz CT molecular complexity index is 281. The van der Waals surface area contributed by atoms with Gasteiger partial charge < -0.3 is 4.74 Å². The minimum atomic E-state index is -0.218. The van der Waals surface area contributed by atoms with E-state index in [1.54, 1.807) is 6.08 Å². The van der Waals surface area contributed by atoms with Gasteiger partial charge >= 0.3 is 0 Å². The van der Waals surface area contributed by atoms with Gasteiger partial charge in [-0.1, -0.05) is 29.8 Å². The number of ether oxygens (including phenoxy) is 1. The van der Waals surface area contributed by atoms with Gasteiger partial charge in [0.25, 0.3) is 0 Å². The number of halogens is 2. The van der Waals surface area contributed by atoms with Crippen molar-refractivity contribution < 1.29 is 9.13 Å². The maximum absolute atomic E-state index is 13.2. The lowest BCUT2D eigenvalue weighted by molar-refractivity contribution is 0.000568. The van der Waals surface area contributed by atoms with Crippen LogP contribution in [0.3, 0.4) is 0 Å². The summed E-state index contributed by atoms with van der Waals surface area (Å²) in [5.74, 6) is 0.417. The summed E-state index contributed by atoms with van der Waals surface area (Å²) in [6, 6.07) is 0. The molecule has 0 radical (unpaired) electrons. The lowest BCUT2D eigenvalue weighted by Gasteiger charge is -2.31. The van der Waals surface area contributed by atoms with Crippen molar-refractivity contribution in [1.29, 1.82) is 0 Å². The van der Waals surface area contributed by atoms with Crippen molar-refractivity contribution in [2.75, 3.05) is 0 Å². The van der Waals surface area contributed by atoms with Crippen LogP contribution in [0.1, 0.15) is 27.7 Å². The molecule has 0 bridgehead atoms. The Morgan fingerprint density at radius 3 is 2.40 bits per heavy atom. The van der Waals surface area contributed by atoms with E-state index >= 15 is 0 Å². The van der Waals surface area contributed by atoms with Crippen LogP contribution in [0, 0.1) is 11.8 Å². The van der Waals surface area contributed by atoms with E-state index in [-0.39, 0.29) is 24.0 Å². The summed E-state index contributed by atoms with van der Waals surface area (Å²) in [7, 11) is 0. The van der Waals surface area contributed by atoms with Crippen LogP contribution >= 0.6 is 15.9 Å². The van der Waals surface area contributed by atoms with E-state index in [2.05, 4.69) is 29.8 Å². The first-order valence-electron chi connectivity index (χ1n) is 5.31. The summed E-state index contributed by atoms with van der Waals surface area (Å²) >= 11 is 3.43. The average molecular weight is 277 g/mol. The zero-order valence-corrected chi connectivity index (χ0v) is 11.2. The second kappa shape index (κ2) is 5.26. The molecule has 3 heteroatoms. The molecule has 15 heavy (non-hydrogen) atoms. The van der Waals surface area contributed by atoms with E-state index in [1.807, 2.05) is 13.8 Å². The lowest BCUT2D eigenvalue weighted by atomic mass is 9.87. The van der Waals surface area contributed by atoms with Gasteiger partial charge in [0.1, 0.15) is 5.83 Å². The number of hydrogen-bond acceptors (Lipinski definition) is 1. The molecule has 0 fully saturated rings. The van der Waals surface area contributed by atoms with E-state index < -0.39 is 0 Å². The topological polar surface area (TPSA) is 9.23 Å². The largest absolute Gasteiger partial charge is 0.371 e. The van der Waals surface area contributed by atoms with E-state index in [0.717, 1.165) is 4.48 Å². The van der Waals surface area contributed by atoms with E-state index in [0.29, 0.717) is 5.92 Å². The Labute approximate surface area is 99.5 Å². The first-order valence-corrected chi connectivity index (χ1v) is 6.11. The second-order valence-corrected chi connectivity index (χ2v) is 5.42. The van der Waals surface area contributed by atoms with Crippen LogP contribution in [-0.4, -0.2) is 12.2 Å². The fourth-order valence-corrected chi connectivity index (χ4v) is 2.84. The predicted molar refractivity (Wildman–Crippen MR) is 64.5 cm³/mol. The van der Waals surface area contributed by atoms with Crippen LogP contribution in [0.2, 0.25) is 0 Å². The highest BCUT2D eigenvalue weighted by molar-refractivity contribution is 9.11. The standard InChI is InChI=1S/C12H18BrFO/c1-7(2)12-10(13)5-9(14)6-11(12)15-8(3)4/h5-8,11-12H,1-4H3. The molecule has 2 unspecified atom stereocenters. The fraction of sp³-hybridized carbons (Fsp3) is 0.667. The average Bonchev–Trinajstić information content (AvgIpc) is 1.99. The summed E-state index contributed by atoms with van der Waals surface area (Å²) in [6.45, 7) is 8.17. The number of hydrogen-bond donors (Lipinski definition) is 0. The minimum absolute atomic E-state index is 0.110. The van der Waals surface area contributed by atoms with Crippen molar-refractivity contribution in [3.63, 3.8) is 0 Å². The van der Waals surface area contributed by atoms with Gasteiger partial charge in [-0.05, 0) is 31.9 Å². The third-order valence-electron chi connectivity index (χ3n) is 2.42. The van der Waals surface area contributed by atoms with Crippen LogP contribution in [0.5, 0.6) is 0 Å². The molecule has 0 saturated heterocycles. The van der Waals surface area contributed by atoms with Crippen molar-refractivity contribution >= 4 is 15.9 Å². The number of allylic oxidation sites excluding steroid dienone is 2.